The van der Waals surface area contributed by atoms with Crippen molar-refractivity contribution in [2.45, 2.75) is 0 Å². The van der Waals surface area contributed by atoms with E-state index in [0.717, 1.165) is 0 Å². The highest BCUT2D eigenvalue weighted by atomic mass is 35.5. The minimum absolute atomic E-state index is 0.119. The predicted octanol–water partition coefficient (Wildman–Crippen LogP) is 1.45. The summed E-state index contributed by atoms with van der Waals surface area (Å²) in [5.74, 6) is 0.0270. The van der Waals surface area contributed by atoms with Gasteiger partial charge in [-0.1, -0.05) is 11.6 Å². The molecule has 0 saturated carbocycles. The quantitative estimate of drug-likeness (QED) is 0.675. The number of ether oxygens (including phenoxy) is 1. The topological polar surface area (TPSA) is 42.4 Å². The van der Waals surface area contributed by atoms with Crippen LogP contribution in [0.5, 0.6) is 11.6 Å². The zero-order chi connectivity index (χ0) is 7.56. The van der Waals surface area contributed by atoms with E-state index < -0.39 is 0 Å². The average Bonchev–Trinajstić information content (AvgIpc) is 1.95. The standard InChI is InChI=1S/C6H6ClNO2/c1-10-6-5(9)4(7)2-3-8-6/h2-3,9H,1H3. The average molecular weight is 160 g/mol. The Bertz CT molecular complexity index is 239. The van der Waals surface area contributed by atoms with Crippen LogP contribution in [0.4, 0.5) is 0 Å². The van der Waals surface area contributed by atoms with Gasteiger partial charge in [0, 0.05) is 6.20 Å². The van der Waals surface area contributed by atoms with E-state index in [1.54, 1.807) is 0 Å². The van der Waals surface area contributed by atoms with Gasteiger partial charge in [0.25, 0.3) is 5.88 Å². The van der Waals surface area contributed by atoms with Crippen LogP contribution >= 0.6 is 11.6 Å². The fourth-order valence-corrected chi connectivity index (χ4v) is 0.699. The molecule has 0 radical (unpaired) electrons. The van der Waals surface area contributed by atoms with Gasteiger partial charge in [-0.15, -0.1) is 0 Å². The highest BCUT2D eigenvalue weighted by Gasteiger charge is 2.04. The number of hydrogen-bond acceptors (Lipinski definition) is 3. The third-order valence-corrected chi connectivity index (χ3v) is 1.34. The maximum Gasteiger partial charge on any atom is 0.258 e. The number of nitrogens with zero attached hydrogens (tertiary/aromatic N) is 1. The second-order valence-corrected chi connectivity index (χ2v) is 2.06. The Morgan fingerprint density at radius 3 is 2.90 bits per heavy atom. The monoisotopic (exact) mass is 159 g/mol. The second-order valence-electron chi connectivity index (χ2n) is 1.65. The lowest BCUT2D eigenvalue weighted by atomic mass is 10.4. The van der Waals surface area contributed by atoms with Crippen LogP contribution in [0, 0.1) is 0 Å². The first-order valence-corrected chi connectivity index (χ1v) is 3.01. The normalized spacial score (nSPS) is 9.40. The van der Waals surface area contributed by atoms with Gasteiger partial charge >= 0.3 is 0 Å². The molecule has 3 nitrogen and oxygen atoms in total. The fourth-order valence-electron chi connectivity index (χ4n) is 0.562. The summed E-state index contributed by atoms with van der Waals surface area (Å²) in [5.41, 5.74) is 0. The fraction of sp³-hybridized carbons (Fsp3) is 0.167. The van der Waals surface area contributed by atoms with Crippen LogP contribution in [0.1, 0.15) is 0 Å². The van der Waals surface area contributed by atoms with Crippen molar-refractivity contribution in [1.82, 2.24) is 4.98 Å². The summed E-state index contributed by atoms with van der Waals surface area (Å²) in [6.07, 6.45) is 1.46. The van der Waals surface area contributed by atoms with Gasteiger partial charge in [-0.3, -0.25) is 0 Å². The van der Waals surface area contributed by atoms with E-state index in [0.29, 0.717) is 0 Å². The van der Waals surface area contributed by atoms with E-state index in [9.17, 15) is 0 Å². The Hall–Kier alpha value is -0.960. The molecule has 0 aromatic carbocycles. The van der Waals surface area contributed by atoms with E-state index in [-0.39, 0.29) is 16.7 Å². The van der Waals surface area contributed by atoms with Gasteiger partial charge in [-0.25, -0.2) is 4.98 Å². The van der Waals surface area contributed by atoms with Crippen molar-refractivity contribution in [3.05, 3.63) is 17.3 Å². The van der Waals surface area contributed by atoms with Crippen LogP contribution in [0.25, 0.3) is 0 Å². The van der Waals surface area contributed by atoms with E-state index in [1.807, 2.05) is 0 Å². The lowest BCUT2D eigenvalue weighted by Gasteiger charge is -2.00. The van der Waals surface area contributed by atoms with Crippen LogP contribution in [0.3, 0.4) is 0 Å². The van der Waals surface area contributed by atoms with Gasteiger partial charge in [-0.05, 0) is 6.07 Å². The first-order chi connectivity index (χ1) is 4.75. The number of rotatable bonds is 1. The van der Waals surface area contributed by atoms with Crippen LogP contribution in [0.15, 0.2) is 12.3 Å². The van der Waals surface area contributed by atoms with E-state index in [2.05, 4.69) is 9.72 Å². The molecule has 0 saturated heterocycles. The van der Waals surface area contributed by atoms with Crippen molar-refractivity contribution >= 4 is 11.6 Å². The number of halogens is 1. The Balaban J connectivity index is 3.14. The van der Waals surface area contributed by atoms with Crippen LogP contribution in [-0.2, 0) is 0 Å². The molecule has 1 heterocycles. The number of methoxy groups -OCH3 is 1. The molecule has 0 spiro atoms. The van der Waals surface area contributed by atoms with Crippen molar-refractivity contribution in [1.29, 1.82) is 0 Å². The predicted molar refractivity (Wildman–Crippen MR) is 37.5 cm³/mol. The second kappa shape index (κ2) is 2.75. The molecule has 54 valence electrons. The minimum atomic E-state index is -0.119. The Morgan fingerprint density at radius 1 is 1.70 bits per heavy atom. The van der Waals surface area contributed by atoms with E-state index in [1.165, 1.54) is 19.4 Å². The maximum atomic E-state index is 9.08. The summed E-state index contributed by atoms with van der Waals surface area (Å²) in [4.78, 5) is 3.70. The first kappa shape index (κ1) is 7.15. The zero-order valence-corrected chi connectivity index (χ0v) is 6.09. The molecular weight excluding hydrogens is 154 g/mol. The van der Waals surface area contributed by atoms with Crippen molar-refractivity contribution in [2.24, 2.45) is 0 Å². The molecule has 1 rings (SSSR count). The lowest BCUT2D eigenvalue weighted by Crippen LogP contribution is -1.86. The van der Waals surface area contributed by atoms with Crippen molar-refractivity contribution in [3.63, 3.8) is 0 Å². The summed E-state index contributed by atoms with van der Waals surface area (Å²) in [6.45, 7) is 0. The molecule has 10 heavy (non-hydrogen) atoms. The highest BCUT2D eigenvalue weighted by Crippen LogP contribution is 2.30. The van der Waals surface area contributed by atoms with Gasteiger partial charge in [-0.2, -0.15) is 0 Å². The number of pyridine rings is 1. The molecule has 1 aromatic rings. The third-order valence-electron chi connectivity index (χ3n) is 1.03. The number of aromatic hydroxyl groups is 1. The molecule has 0 aliphatic carbocycles. The molecule has 1 N–H and O–H groups in total. The molecule has 0 unspecified atom stereocenters. The lowest BCUT2D eigenvalue weighted by molar-refractivity contribution is 0.359. The molecule has 0 aliphatic heterocycles. The summed E-state index contributed by atoms with van der Waals surface area (Å²) in [7, 11) is 1.42. The minimum Gasteiger partial charge on any atom is -0.502 e. The Kier molecular flexibility index (Phi) is 1.97. The molecule has 0 atom stereocenters. The summed E-state index contributed by atoms with van der Waals surface area (Å²) < 4.78 is 4.68. The van der Waals surface area contributed by atoms with Gasteiger partial charge in [0.1, 0.15) is 0 Å². The molecule has 1 aromatic heterocycles. The van der Waals surface area contributed by atoms with Crippen molar-refractivity contribution in [2.75, 3.05) is 7.11 Å². The molecule has 0 aliphatic rings. The highest BCUT2D eigenvalue weighted by molar-refractivity contribution is 6.32. The Labute approximate surface area is 63.2 Å². The molecule has 0 fully saturated rings. The van der Waals surface area contributed by atoms with E-state index >= 15 is 0 Å². The summed E-state index contributed by atoms with van der Waals surface area (Å²) >= 11 is 5.52. The smallest absolute Gasteiger partial charge is 0.258 e. The van der Waals surface area contributed by atoms with Crippen LogP contribution in [0.2, 0.25) is 5.02 Å². The van der Waals surface area contributed by atoms with E-state index in [4.69, 9.17) is 16.7 Å². The zero-order valence-electron chi connectivity index (χ0n) is 5.34. The van der Waals surface area contributed by atoms with Gasteiger partial charge in [0.05, 0.1) is 12.1 Å². The van der Waals surface area contributed by atoms with Crippen molar-refractivity contribution < 1.29 is 9.84 Å². The molecule has 4 heteroatoms. The number of aromatic nitrogens is 1. The summed E-state index contributed by atoms with van der Waals surface area (Å²) in [5, 5.41) is 9.32. The van der Waals surface area contributed by atoms with Gasteiger partial charge in [0.15, 0.2) is 5.75 Å². The largest absolute Gasteiger partial charge is 0.502 e. The van der Waals surface area contributed by atoms with Crippen LogP contribution < -0.4 is 4.74 Å². The van der Waals surface area contributed by atoms with Gasteiger partial charge < -0.3 is 9.84 Å². The molecule has 0 amide bonds. The van der Waals surface area contributed by atoms with Gasteiger partial charge in [0.2, 0.25) is 0 Å². The number of hydrogen-bond donors (Lipinski definition) is 1. The SMILES string of the molecule is COc1nccc(Cl)c1O. The molecule has 0 bridgehead atoms. The van der Waals surface area contributed by atoms with Crippen molar-refractivity contribution in [3.8, 4) is 11.6 Å². The first-order valence-electron chi connectivity index (χ1n) is 2.63. The summed E-state index contributed by atoms with van der Waals surface area (Å²) in [6, 6.07) is 1.49. The third kappa shape index (κ3) is 1.14. The van der Waals surface area contributed by atoms with Crippen LogP contribution in [-0.4, -0.2) is 17.2 Å². The maximum absolute atomic E-state index is 9.08. The molecular formula is C6H6ClNO2. The Morgan fingerprint density at radius 2 is 2.40 bits per heavy atom.